The first-order valence-electron chi connectivity index (χ1n) is 7.84. The van der Waals surface area contributed by atoms with Gasteiger partial charge in [0.05, 0.1) is 22.7 Å². The van der Waals surface area contributed by atoms with E-state index in [-0.39, 0.29) is 15.6 Å². The summed E-state index contributed by atoms with van der Waals surface area (Å²) in [5, 5.41) is 11.9. The first-order chi connectivity index (χ1) is 13.3. The van der Waals surface area contributed by atoms with Gasteiger partial charge in [0.1, 0.15) is 20.4 Å². The van der Waals surface area contributed by atoms with Gasteiger partial charge in [-0.25, -0.2) is 0 Å². The maximum atomic E-state index is 12.1. The summed E-state index contributed by atoms with van der Waals surface area (Å²) in [5.41, 5.74) is 3.53. The molecule has 146 valence electrons. The predicted molar refractivity (Wildman–Crippen MR) is 110 cm³/mol. The first kappa shape index (κ1) is 22.0. The highest BCUT2D eigenvalue weighted by atomic mass is 35.5. The zero-order valence-electron chi connectivity index (χ0n) is 15.0. The normalized spacial score (nSPS) is 11.1. The number of halogens is 2. The van der Waals surface area contributed by atoms with Crippen LogP contribution in [0.15, 0.2) is 36.4 Å². The van der Waals surface area contributed by atoms with Crippen molar-refractivity contribution >= 4 is 48.5 Å². The topological polar surface area (TPSA) is 84.9 Å². The molecule has 28 heavy (non-hydrogen) atoms. The van der Waals surface area contributed by atoms with Crippen molar-refractivity contribution in [2.45, 2.75) is 0 Å². The second kappa shape index (κ2) is 10.3. The minimum Gasteiger partial charge on any atom is -0.497 e. The Hall–Kier alpha value is -2.29. The molecule has 1 unspecified atom stereocenters. The number of hydrogen-bond donors (Lipinski definition) is 2. The van der Waals surface area contributed by atoms with Gasteiger partial charge in [0.25, 0.3) is 5.91 Å². The van der Waals surface area contributed by atoms with Crippen molar-refractivity contribution in [2.75, 3.05) is 20.8 Å². The molecule has 0 spiro atoms. The molecule has 1 amide bonds. The van der Waals surface area contributed by atoms with Crippen molar-refractivity contribution < 1.29 is 24.0 Å². The molecular weight excluding hydrogens is 424 g/mol. The standard InChI is InChI=1S/C19H16Cl2NO5P/c1-26-13-4-3-5-14(10-13)28(27-2)7-6-12-8-15(20)18(16(21)9-12)19(25)22-11-17(23)24/h3-5,8-10H,11H2,1-2H3,(H,22,25)(H,23,24). The molecule has 0 bridgehead atoms. The fourth-order valence-electron chi connectivity index (χ4n) is 2.17. The van der Waals surface area contributed by atoms with Gasteiger partial charge in [-0.2, -0.15) is 0 Å². The molecule has 0 aromatic heterocycles. The van der Waals surface area contributed by atoms with Gasteiger partial charge in [0.15, 0.2) is 0 Å². The smallest absolute Gasteiger partial charge is 0.322 e. The first-order valence-corrected chi connectivity index (χ1v) is 9.86. The van der Waals surface area contributed by atoms with Crippen molar-refractivity contribution in [1.82, 2.24) is 5.32 Å². The predicted octanol–water partition coefficient (Wildman–Crippen LogP) is 3.49. The van der Waals surface area contributed by atoms with Crippen LogP contribution in [0.3, 0.4) is 0 Å². The Bertz CT molecular complexity index is 932. The van der Waals surface area contributed by atoms with E-state index in [2.05, 4.69) is 16.9 Å². The minimum absolute atomic E-state index is 0.00284. The highest BCUT2D eigenvalue weighted by Gasteiger charge is 2.16. The highest BCUT2D eigenvalue weighted by molar-refractivity contribution is 7.65. The van der Waals surface area contributed by atoms with Crippen LogP contribution in [0.5, 0.6) is 5.75 Å². The number of hydrogen-bond acceptors (Lipinski definition) is 4. The van der Waals surface area contributed by atoms with Crippen molar-refractivity contribution in [1.29, 1.82) is 0 Å². The van der Waals surface area contributed by atoms with Crippen LogP contribution >= 0.6 is 31.4 Å². The van der Waals surface area contributed by atoms with E-state index in [1.807, 2.05) is 24.3 Å². The van der Waals surface area contributed by atoms with E-state index >= 15 is 0 Å². The Morgan fingerprint density at radius 1 is 1.18 bits per heavy atom. The number of benzene rings is 2. The van der Waals surface area contributed by atoms with Crippen LogP contribution in [0, 0.1) is 11.6 Å². The number of carbonyl (C=O) groups is 2. The van der Waals surface area contributed by atoms with Crippen molar-refractivity contribution in [2.24, 2.45) is 0 Å². The van der Waals surface area contributed by atoms with Gasteiger partial charge < -0.3 is 19.7 Å². The van der Waals surface area contributed by atoms with E-state index < -0.39 is 26.6 Å². The highest BCUT2D eigenvalue weighted by Crippen LogP contribution is 2.34. The Kier molecular flexibility index (Phi) is 8.10. The molecule has 2 aromatic rings. The molecule has 0 aliphatic rings. The number of ether oxygens (including phenoxy) is 1. The van der Waals surface area contributed by atoms with Crippen LogP contribution < -0.4 is 15.4 Å². The molecular formula is C19H16Cl2NO5P. The van der Waals surface area contributed by atoms with Crippen molar-refractivity contribution in [3.8, 4) is 17.3 Å². The molecule has 6 nitrogen and oxygen atoms in total. The molecule has 2 rings (SSSR count). The maximum absolute atomic E-state index is 12.1. The Labute approximate surface area is 173 Å². The number of amides is 1. The van der Waals surface area contributed by atoms with Gasteiger partial charge in [-0.3, -0.25) is 9.59 Å². The summed E-state index contributed by atoms with van der Waals surface area (Å²) < 4.78 is 10.7. The largest absolute Gasteiger partial charge is 0.497 e. The van der Waals surface area contributed by atoms with E-state index in [0.717, 1.165) is 5.30 Å². The Morgan fingerprint density at radius 3 is 2.43 bits per heavy atom. The zero-order valence-corrected chi connectivity index (χ0v) is 17.4. The van der Waals surface area contributed by atoms with Gasteiger partial charge in [-0.05, 0) is 29.9 Å². The van der Waals surface area contributed by atoms with E-state index in [9.17, 15) is 9.59 Å². The molecule has 2 N–H and O–H groups in total. The van der Waals surface area contributed by atoms with Gasteiger partial charge in [-0.1, -0.05) is 41.3 Å². The number of nitrogens with one attached hydrogen (secondary N) is 1. The molecule has 2 aromatic carbocycles. The third-order valence-corrected chi connectivity index (χ3v) is 5.46. The average molecular weight is 440 g/mol. The fourth-order valence-corrected chi connectivity index (χ4v) is 3.96. The second-order valence-electron chi connectivity index (χ2n) is 5.31. The number of carboxylic acids is 1. The molecule has 1 atom stereocenters. The molecule has 9 heteroatoms. The summed E-state index contributed by atoms with van der Waals surface area (Å²) in [4.78, 5) is 22.6. The average Bonchev–Trinajstić information content (AvgIpc) is 2.66. The number of carboxylic acid groups (broad SMARTS) is 1. The summed E-state index contributed by atoms with van der Waals surface area (Å²) in [6, 6.07) is 10.4. The fraction of sp³-hybridized carbons (Fsp3) is 0.158. The third-order valence-electron chi connectivity index (χ3n) is 3.44. The molecule has 0 saturated carbocycles. The number of rotatable bonds is 6. The number of aliphatic carboxylic acids is 1. The monoisotopic (exact) mass is 439 g/mol. The lowest BCUT2D eigenvalue weighted by atomic mass is 10.1. The van der Waals surface area contributed by atoms with Gasteiger partial charge in [-0.15, -0.1) is 0 Å². The lowest BCUT2D eigenvalue weighted by molar-refractivity contribution is -0.135. The second-order valence-corrected chi connectivity index (χ2v) is 7.81. The summed E-state index contributed by atoms with van der Waals surface area (Å²) in [6.07, 6.45) is 0. The van der Waals surface area contributed by atoms with Crippen molar-refractivity contribution in [3.63, 3.8) is 0 Å². The SMILES string of the molecule is COc1cccc(P(C#Cc2cc(Cl)c(C(=O)NCC(=O)O)c(Cl)c2)OC)c1. The maximum Gasteiger partial charge on any atom is 0.322 e. The lowest BCUT2D eigenvalue weighted by Crippen LogP contribution is -2.29. The zero-order chi connectivity index (χ0) is 20.7. The number of methoxy groups -OCH3 is 1. The lowest BCUT2D eigenvalue weighted by Gasteiger charge is -2.10. The van der Waals surface area contributed by atoms with Crippen LogP contribution in [0.25, 0.3) is 0 Å². The minimum atomic E-state index is -1.22. The van der Waals surface area contributed by atoms with Crippen LogP contribution in [-0.2, 0) is 9.32 Å². The molecule has 0 radical (unpaired) electrons. The molecule has 0 fully saturated rings. The quantitative estimate of drug-likeness (QED) is 0.531. The summed E-state index contributed by atoms with van der Waals surface area (Å²) in [5.74, 6) is 1.80. The van der Waals surface area contributed by atoms with E-state index in [1.165, 1.54) is 12.1 Å². The van der Waals surface area contributed by atoms with E-state index in [0.29, 0.717) is 11.3 Å². The molecule has 0 saturated heterocycles. The molecule has 0 aliphatic carbocycles. The van der Waals surface area contributed by atoms with Crippen molar-refractivity contribution in [3.05, 3.63) is 57.6 Å². The Morgan fingerprint density at radius 2 is 1.86 bits per heavy atom. The summed E-state index contributed by atoms with van der Waals surface area (Å²) >= 11 is 12.3. The van der Waals surface area contributed by atoms with E-state index in [1.54, 1.807) is 14.2 Å². The third kappa shape index (κ3) is 5.85. The van der Waals surface area contributed by atoms with Gasteiger partial charge in [0.2, 0.25) is 0 Å². The van der Waals surface area contributed by atoms with Crippen LogP contribution in [0.1, 0.15) is 15.9 Å². The number of carbonyl (C=O) groups excluding carboxylic acids is 1. The van der Waals surface area contributed by atoms with Gasteiger partial charge in [0, 0.05) is 18.0 Å². The van der Waals surface area contributed by atoms with Crippen LogP contribution in [-0.4, -0.2) is 37.7 Å². The Balaban J connectivity index is 2.27. The van der Waals surface area contributed by atoms with E-state index in [4.69, 9.17) is 37.6 Å². The summed E-state index contributed by atoms with van der Waals surface area (Å²) in [6.45, 7) is -0.536. The van der Waals surface area contributed by atoms with Gasteiger partial charge >= 0.3 is 5.97 Å². The summed E-state index contributed by atoms with van der Waals surface area (Å²) in [7, 11) is 1.92. The molecule has 0 aliphatic heterocycles. The van der Waals surface area contributed by atoms with Crippen LogP contribution in [0.2, 0.25) is 10.0 Å². The van der Waals surface area contributed by atoms with Crippen LogP contribution in [0.4, 0.5) is 0 Å². The molecule has 0 heterocycles.